The van der Waals surface area contributed by atoms with Crippen molar-refractivity contribution in [2.75, 3.05) is 26.7 Å². The minimum Gasteiger partial charge on any atom is -0.481 e. The summed E-state index contributed by atoms with van der Waals surface area (Å²) >= 11 is 0. The molecule has 0 radical (unpaired) electrons. The first-order chi connectivity index (χ1) is 12.4. The number of hydrogen-bond acceptors (Lipinski definition) is 4. The molecule has 0 spiro atoms. The van der Waals surface area contributed by atoms with E-state index in [-0.39, 0.29) is 11.9 Å². The minimum absolute atomic E-state index is 0.0458. The lowest BCUT2D eigenvalue weighted by atomic mass is 9.68. The van der Waals surface area contributed by atoms with Gasteiger partial charge in [0.25, 0.3) is 5.91 Å². The van der Waals surface area contributed by atoms with Crippen molar-refractivity contribution >= 4 is 22.9 Å². The van der Waals surface area contributed by atoms with Crippen molar-refractivity contribution in [1.29, 1.82) is 0 Å². The highest BCUT2D eigenvalue weighted by Crippen LogP contribution is 2.42. The number of aromatic nitrogens is 2. The van der Waals surface area contributed by atoms with Crippen LogP contribution in [0, 0.1) is 5.41 Å². The predicted molar refractivity (Wildman–Crippen MR) is 97.0 cm³/mol. The molecule has 2 aromatic rings. The van der Waals surface area contributed by atoms with Gasteiger partial charge in [-0.25, -0.2) is 4.98 Å². The smallest absolute Gasteiger partial charge is 0.311 e. The van der Waals surface area contributed by atoms with E-state index in [1.165, 1.54) is 0 Å². The van der Waals surface area contributed by atoms with Gasteiger partial charge in [0.05, 0.1) is 22.8 Å². The van der Waals surface area contributed by atoms with Gasteiger partial charge in [0, 0.05) is 31.7 Å². The summed E-state index contributed by atoms with van der Waals surface area (Å²) in [7, 11) is 3.89. The molecular weight excluding hydrogens is 332 g/mol. The zero-order chi connectivity index (χ0) is 18.5. The summed E-state index contributed by atoms with van der Waals surface area (Å²) in [5.74, 6) is -0.772. The van der Waals surface area contributed by atoms with Crippen molar-refractivity contribution in [3.63, 3.8) is 0 Å². The number of nitrogens with zero attached hydrogens (tertiary/aromatic N) is 4. The summed E-state index contributed by atoms with van der Waals surface area (Å²) in [6, 6.07) is 5.43. The Morgan fingerprint density at radius 2 is 2.04 bits per heavy atom. The molecule has 1 aromatic heterocycles. The second kappa shape index (κ2) is 6.09. The number of fused-ring (bicyclic) bond motifs is 2. The number of piperidine rings is 2. The highest BCUT2D eigenvalue weighted by Gasteiger charge is 2.52. The number of carbonyl (C=O) groups excluding carboxylic acids is 1. The van der Waals surface area contributed by atoms with Crippen LogP contribution in [0.3, 0.4) is 0 Å². The molecule has 138 valence electrons. The van der Waals surface area contributed by atoms with Crippen LogP contribution in [0.25, 0.3) is 11.0 Å². The van der Waals surface area contributed by atoms with Crippen molar-refractivity contribution < 1.29 is 14.7 Å². The summed E-state index contributed by atoms with van der Waals surface area (Å²) in [6.07, 6.45) is 3.83. The van der Waals surface area contributed by atoms with Crippen LogP contribution >= 0.6 is 0 Å². The summed E-state index contributed by atoms with van der Waals surface area (Å²) in [5.41, 5.74) is 1.66. The van der Waals surface area contributed by atoms with Gasteiger partial charge in [0.2, 0.25) is 0 Å². The monoisotopic (exact) mass is 356 g/mol. The largest absolute Gasteiger partial charge is 0.481 e. The van der Waals surface area contributed by atoms with E-state index in [1.807, 2.05) is 36.9 Å². The van der Waals surface area contributed by atoms with Crippen molar-refractivity contribution in [1.82, 2.24) is 19.4 Å². The molecule has 1 aromatic carbocycles. The molecular formula is C19H24N4O3. The molecule has 2 saturated heterocycles. The normalized spacial score (nSPS) is 26.7. The first kappa shape index (κ1) is 17.0. The zero-order valence-electron chi connectivity index (χ0n) is 15.2. The van der Waals surface area contributed by atoms with Gasteiger partial charge in [0.15, 0.2) is 0 Å². The van der Waals surface area contributed by atoms with Crippen LogP contribution in [0.2, 0.25) is 0 Å². The molecule has 2 fully saturated rings. The maximum atomic E-state index is 13.0. The van der Waals surface area contributed by atoms with Gasteiger partial charge in [-0.2, -0.15) is 0 Å². The lowest BCUT2D eigenvalue weighted by Crippen LogP contribution is -2.63. The Morgan fingerprint density at radius 1 is 1.23 bits per heavy atom. The van der Waals surface area contributed by atoms with Crippen LogP contribution in [0.15, 0.2) is 24.5 Å². The molecule has 26 heavy (non-hydrogen) atoms. The van der Waals surface area contributed by atoms with Crippen molar-refractivity contribution in [2.24, 2.45) is 12.5 Å². The summed E-state index contributed by atoms with van der Waals surface area (Å²) in [4.78, 5) is 33.3. The van der Waals surface area contributed by atoms with Crippen LogP contribution < -0.4 is 0 Å². The van der Waals surface area contributed by atoms with Gasteiger partial charge in [-0.3, -0.25) is 9.59 Å². The van der Waals surface area contributed by atoms with Crippen molar-refractivity contribution in [3.8, 4) is 0 Å². The molecule has 0 unspecified atom stereocenters. The van der Waals surface area contributed by atoms with E-state index in [0.717, 1.165) is 24.0 Å². The number of likely N-dealkylation sites (tertiary alicyclic amines) is 2. The van der Waals surface area contributed by atoms with E-state index in [4.69, 9.17) is 0 Å². The molecule has 1 amide bonds. The van der Waals surface area contributed by atoms with Crippen molar-refractivity contribution in [3.05, 3.63) is 30.1 Å². The lowest BCUT2D eigenvalue weighted by molar-refractivity contribution is -0.161. The Morgan fingerprint density at radius 3 is 2.81 bits per heavy atom. The molecule has 0 saturated carbocycles. The molecule has 3 heterocycles. The number of aryl methyl sites for hydroxylation is 1. The van der Waals surface area contributed by atoms with Crippen LogP contribution in [-0.2, 0) is 11.8 Å². The fraction of sp³-hybridized carbons (Fsp3) is 0.526. The summed E-state index contributed by atoms with van der Waals surface area (Å²) in [5, 5.41) is 9.86. The molecule has 0 aliphatic carbocycles. The van der Waals surface area contributed by atoms with E-state index in [2.05, 4.69) is 9.88 Å². The fourth-order valence-electron chi connectivity index (χ4n) is 4.62. The number of hydrogen-bond donors (Lipinski definition) is 1. The Hall–Kier alpha value is -2.41. The second-order valence-corrected chi connectivity index (χ2v) is 7.62. The Bertz CT molecular complexity index is 877. The fourth-order valence-corrected chi connectivity index (χ4v) is 4.62. The van der Waals surface area contributed by atoms with E-state index in [9.17, 15) is 14.7 Å². The van der Waals surface area contributed by atoms with Gasteiger partial charge in [-0.15, -0.1) is 0 Å². The molecule has 0 bridgehead atoms. The number of rotatable bonds is 2. The number of imidazole rings is 1. The predicted octanol–water partition coefficient (Wildman–Crippen LogP) is 1.58. The number of likely N-dealkylation sites (N-methyl/N-ethyl adjacent to an activating group) is 1. The van der Waals surface area contributed by atoms with E-state index in [0.29, 0.717) is 31.5 Å². The average Bonchev–Trinajstić information content (AvgIpc) is 3.01. The van der Waals surface area contributed by atoms with Gasteiger partial charge >= 0.3 is 5.97 Å². The van der Waals surface area contributed by atoms with E-state index >= 15 is 0 Å². The quantitative estimate of drug-likeness (QED) is 0.884. The molecule has 2 aliphatic heterocycles. The standard InChI is InChI=1S/C19H24N4O3/c1-21-8-3-6-19(18(25)26)7-9-23(11-16(19)21)17(24)13-4-5-15-14(10-13)20-12-22(15)2/h4-5,10,12,16H,3,6-9,11H2,1-2H3,(H,25,26)/t16-,19+/m1/s1. The van der Waals surface area contributed by atoms with Gasteiger partial charge in [-0.1, -0.05) is 0 Å². The Kier molecular flexibility index (Phi) is 3.99. The topological polar surface area (TPSA) is 78.7 Å². The van der Waals surface area contributed by atoms with Crippen molar-refractivity contribution in [2.45, 2.75) is 25.3 Å². The molecule has 7 heteroatoms. The number of benzene rings is 1. The first-order valence-electron chi connectivity index (χ1n) is 9.06. The number of amides is 1. The highest BCUT2D eigenvalue weighted by molar-refractivity contribution is 5.97. The molecule has 1 N–H and O–H groups in total. The second-order valence-electron chi connectivity index (χ2n) is 7.62. The summed E-state index contributed by atoms with van der Waals surface area (Å²) < 4.78 is 1.92. The minimum atomic E-state index is -0.727. The lowest BCUT2D eigenvalue weighted by Gasteiger charge is -2.51. The van der Waals surface area contributed by atoms with E-state index < -0.39 is 11.4 Å². The average molecular weight is 356 g/mol. The van der Waals surface area contributed by atoms with E-state index in [1.54, 1.807) is 11.2 Å². The number of carbonyl (C=O) groups is 2. The van der Waals surface area contributed by atoms with Crippen LogP contribution in [0.4, 0.5) is 0 Å². The molecule has 4 rings (SSSR count). The van der Waals surface area contributed by atoms with Crippen LogP contribution in [-0.4, -0.2) is 69.1 Å². The van der Waals surface area contributed by atoms with Crippen LogP contribution in [0.5, 0.6) is 0 Å². The van der Waals surface area contributed by atoms with Gasteiger partial charge in [0.1, 0.15) is 0 Å². The number of carboxylic acid groups (broad SMARTS) is 1. The number of carboxylic acids is 1. The Labute approximate surface area is 152 Å². The van der Waals surface area contributed by atoms with Gasteiger partial charge in [-0.05, 0) is 51.1 Å². The third-order valence-corrected chi connectivity index (χ3v) is 6.21. The molecule has 7 nitrogen and oxygen atoms in total. The zero-order valence-corrected chi connectivity index (χ0v) is 15.2. The van der Waals surface area contributed by atoms with Gasteiger partial charge < -0.3 is 19.5 Å². The first-order valence-corrected chi connectivity index (χ1v) is 9.06. The third-order valence-electron chi connectivity index (χ3n) is 6.21. The Balaban J connectivity index is 1.60. The maximum absolute atomic E-state index is 13.0. The SMILES string of the molecule is CN1CCC[C@]2(C(=O)O)CCN(C(=O)c3ccc4c(c3)ncn4C)C[C@@H]12. The maximum Gasteiger partial charge on any atom is 0.311 e. The number of aliphatic carboxylic acids is 1. The highest BCUT2D eigenvalue weighted by atomic mass is 16.4. The third kappa shape index (κ3) is 2.49. The van der Waals surface area contributed by atoms with Crippen LogP contribution in [0.1, 0.15) is 29.6 Å². The molecule has 2 aliphatic rings. The summed E-state index contributed by atoms with van der Waals surface area (Å²) in [6.45, 7) is 1.82. The molecule has 2 atom stereocenters.